The van der Waals surface area contributed by atoms with Crippen LogP contribution in [-0.4, -0.2) is 39.2 Å². The number of rotatable bonds is 3. The van der Waals surface area contributed by atoms with Crippen molar-refractivity contribution in [1.29, 1.82) is 0 Å². The van der Waals surface area contributed by atoms with E-state index in [4.69, 9.17) is 50.8 Å². The molecule has 0 saturated heterocycles. The summed E-state index contributed by atoms with van der Waals surface area (Å²) < 4.78 is 0. The van der Waals surface area contributed by atoms with Crippen LogP contribution in [0.1, 0.15) is 0 Å². The van der Waals surface area contributed by atoms with Gasteiger partial charge in [0.1, 0.15) is 39.2 Å². The van der Waals surface area contributed by atoms with Gasteiger partial charge >= 0.3 is 0 Å². The van der Waals surface area contributed by atoms with Crippen molar-refractivity contribution < 1.29 is 0 Å². The van der Waals surface area contributed by atoms with Crippen LogP contribution < -0.4 is 27.3 Å². The van der Waals surface area contributed by atoms with Crippen LogP contribution in [0.5, 0.6) is 0 Å². The fourth-order valence-electron chi connectivity index (χ4n) is 6.97. The number of fused-ring (bicyclic) bond motifs is 5. The Kier molecular flexibility index (Phi) is 6.93. The third-order valence-corrected chi connectivity index (χ3v) is 9.42. The van der Waals surface area contributed by atoms with Gasteiger partial charge in [-0.3, -0.25) is 0 Å². The topological polar surface area (TPSA) is 0 Å². The lowest BCUT2D eigenvalue weighted by molar-refractivity contribution is 1.64. The van der Waals surface area contributed by atoms with Crippen molar-refractivity contribution in [2.75, 3.05) is 0 Å². The Morgan fingerprint density at radius 3 is 1.37 bits per heavy atom. The van der Waals surface area contributed by atoms with E-state index in [2.05, 4.69) is 84.9 Å². The SMILES string of the molecule is [B]c1c([B])c([B])c(-c2c3ccccc3c(-c3ccc(-c4cc5cc(Cl)ccc5c5ccccc45)cc3)c3ccccc23)c([B])c1[B]. The number of halogens is 1. The third kappa shape index (κ3) is 4.37. The molecule has 10 radical (unpaired) electrons. The van der Waals surface area contributed by atoms with Gasteiger partial charge in [0.25, 0.3) is 0 Å². The second-order valence-corrected chi connectivity index (χ2v) is 12.1. The molecular weight excluding hydrogens is 570 g/mol. The first-order valence-electron chi connectivity index (χ1n) is 15.0. The first-order chi connectivity index (χ1) is 22.3. The average Bonchev–Trinajstić information content (AvgIpc) is 3.09. The molecule has 46 heavy (non-hydrogen) atoms. The molecule has 6 heteroatoms. The van der Waals surface area contributed by atoms with E-state index in [9.17, 15) is 0 Å². The molecule has 8 aromatic rings. The smallest absolute Gasteiger partial charge is 0.112 e. The fourth-order valence-corrected chi connectivity index (χ4v) is 7.15. The first kappa shape index (κ1) is 28.9. The molecule has 0 aliphatic heterocycles. The molecule has 0 nitrogen and oxygen atoms in total. The maximum atomic E-state index is 6.62. The molecule has 0 amide bonds. The van der Waals surface area contributed by atoms with Crippen molar-refractivity contribution in [3.05, 3.63) is 126 Å². The Morgan fingerprint density at radius 2 is 0.804 bits per heavy atom. The summed E-state index contributed by atoms with van der Waals surface area (Å²) in [5, 5.41) is 9.50. The van der Waals surface area contributed by atoms with Crippen LogP contribution >= 0.6 is 11.6 Å². The average molecular weight is 590 g/mol. The summed E-state index contributed by atoms with van der Waals surface area (Å²) in [6.07, 6.45) is 0. The molecule has 0 aliphatic rings. The first-order valence-corrected chi connectivity index (χ1v) is 15.4. The lowest BCUT2D eigenvalue weighted by atomic mass is 9.59. The van der Waals surface area contributed by atoms with Gasteiger partial charge in [-0.1, -0.05) is 126 Å². The number of benzene rings is 8. The highest BCUT2D eigenvalue weighted by molar-refractivity contribution is 6.69. The van der Waals surface area contributed by atoms with Crippen molar-refractivity contribution in [2.45, 2.75) is 0 Å². The maximum Gasteiger partial charge on any atom is 0.113 e. The van der Waals surface area contributed by atoms with Crippen LogP contribution in [0.4, 0.5) is 0 Å². The number of hydrogen-bond acceptors (Lipinski definition) is 0. The van der Waals surface area contributed by atoms with Gasteiger partial charge in [-0.2, -0.15) is 0 Å². The van der Waals surface area contributed by atoms with Crippen LogP contribution in [0.25, 0.3) is 76.5 Å². The van der Waals surface area contributed by atoms with E-state index in [-0.39, 0.29) is 16.4 Å². The van der Waals surface area contributed by atoms with Crippen molar-refractivity contribution in [1.82, 2.24) is 0 Å². The minimum Gasteiger partial charge on any atom is -0.112 e. The van der Waals surface area contributed by atoms with Gasteiger partial charge in [-0.25, -0.2) is 0 Å². The molecule has 8 rings (SSSR count). The molecule has 0 bridgehead atoms. The largest absolute Gasteiger partial charge is 0.113 e. The van der Waals surface area contributed by atoms with E-state index in [0.29, 0.717) is 16.5 Å². The Balaban J connectivity index is 1.38. The Labute approximate surface area is 279 Å². The Morgan fingerprint density at radius 1 is 0.348 bits per heavy atom. The summed E-state index contributed by atoms with van der Waals surface area (Å²) >= 11 is 6.41. The van der Waals surface area contributed by atoms with E-state index >= 15 is 0 Å². The number of hydrogen-bond donors (Lipinski definition) is 0. The molecule has 8 aromatic carbocycles. The van der Waals surface area contributed by atoms with Gasteiger partial charge in [-0.05, 0) is 94.7 Å². The predicted octanol–water partition coefficient (Wildman–Crippen LogP) is 5.92. The van der Waals surface area contributed by atoms with E-state index < -0.39 is 0 Å². The Bertz CT molecular complexity index is 2450. The zero-order valence-electron chi connectivity index (χ0n) is 24.8. The van der Waals surface area contributed by atoms with Gasteiger partial charge in [0, 0.05) is 5.02 Å². The maximum absolute atomic E-state index is 6.62. The fraction of sp³-hybridized carbons (Fsp3) is 0. The van der Waals surface area contributed by atoms with Crippen LogP contribution in [-0.2, 0) is 0 Å². The molecule has 0 aromatic heterocycles. The van der Waals surface area contributed by atoms with Crippen LogP contribution in [0.15, 0.2) is 121 Å². The monoisotopic (exact) mass is 590 g/mol. The van der Waals surface area contributed by atoms with Crippen LogP contribution in [0.3, 0.4) is 0 Å². The lowest BCUT2D eigenvalue weighted by Gasteiger charge is -2.25. The molecule has 0 fully saturated rings. The predicted molar refractivity (Wildman–Crippen MR) is 205 cm³/mol. The minimum absolute atomic E-state index is 0.200. The summed E-state index contributed by atoms with van der Waals surface area (Å²) in [6, 6.07) is 42.2. The summed E-state index contributed by atoms with van der Waals surface area (Å²) in [7, 11) is 32.1. The van der Waals surface area contributed by atoms with Crippen molar-refractivity contribution in [3.63, 3.8) is 0 Å². The van der Waals surface area contributed by atoms with E-state index in [1.165, 1.54) is 16.2 Å². The summed E-state index contributed by atoms with van der Waals surface area (Å²) in [5.74, 6) is 0. The van der Waals surface area contributed by atoms with Gasteiger partial charge in [0.2, 0.25) is 0 Å². The van der Waals surface area contributed by atoms with Gasteiger partial charge < -0.3 is 0 Å². The van der Waals surface area contributed by atoms with Crippen molar-refractivity contribution in [2.24, 2.45) is 0 Å². The van der Waals surface area contributed by atoms with Gasteiger partial charge in [0.15, 0.2) is 0 Å². The standard InChI is InChI=1S/C40H20B5Cl/c41-36-35(37(42)39(44)40(45)38(36)43)34-30-11-5-3-9-28(30)33(29-10-4-6-12-31(29)34)22-15-13-21(14-16-22)32-20-23-19-24(46)17-18-25(23)26-7-1-2-8-27(26)32/h1-20H. The summed E-state index contributed by atoms with van der Waals surface area (Å²) in [6.45, 7) is 0. The lowest BCUT2D eigenvalue weighted by Crippen LogP contribution is -2.55. The summed E-state index contributed by atoms with van der Waals surface area (Å²) in [4.78, 5) is 0. The molecule has 0 unspecified atom stereocenters. The Hall–Kier alpha value is -4.59. The normalized spacial score (nSPS) is 11.6. The minimum atomic E-state index is 0.200. The van der Waals surface area contributed by atoms with Gasteiger partial charge in [-0.15, -0.1) is 16.4 Å². The quantitative estimate of drug-likeness (QED) is 0.136. The highest BCUT2D eigenvalue weighted by Gasteiger charge is 2.20. The zero-order chi connectivity index (χ0) is 31.7. The van der Waals surface area contributed by atoms with E-state index in [0.717, 1.165) is 59.8 Å². The molecule has 0 heterocycles. The van der Waals surface area contributed by atoms with Crippen LogP contribution in [0, 0.1) is 0 Å². The molecule has 202 valence electrons. The van der Waals surface area contributed by atoms with Crippen LogP contribution in [0.2, 0.25) is 5.02 Å². The molecule has 0 N–H and O–H groups in total. The molecule has 0 spiro atoms. The second kappa shape index (κ2) is 11.0. The molecule has 0 atom stereocenters. The second-order valence-electron chi connectivity index (χ2n) is 11.7. The highest BCUT2D eigenvalue weighted by Crippen LogP contribution is 2.43. The van der Waals surface area contributed by atoms with Crippen molar-refractivity contribution >= 4 is 121 Å². The zero-order valence-corrected chi connectivity index (χ0v) is 25.6. The van der Waals surface area contributed by atoms with E-state index in [1.54, 1.807) is 0 Å². The molecule has 0 saturated carbocycles. The third-order valence-electron chi connectivity index (χ3n) is 9.19. The summed E-state index contributed by atoms with van der Waals surface area (Å²) in [5.41, 5.74) is 7.27. The van der Waals surface area contributed by atoms with E-state index in [1.807, 2.05) is 36.4 Å². The van der Waals surface area contributed by atoms with Gasteiger partial charge in [0.05, 0.1) is 0 Å². The molecular formula is C40H20B5Cl. The molecule has 0 aliphatic carbocycles. The highest BCUT2D eigenvalue weighted by atomic mass is 35.5. The van der Waals surface area contributed by atoms with Crippen molar-refractivity contribution in [3.8, 4) is 33.4 Å².